The smallest absolute Gasteiger partial charge is 0.257 e. The third-order valence-corrected chi connectivity index (χ3v) is 6.83. The Kier molecular flexibility index (Phi) is 4.58. The van der Waals surface area contributed by atoms with Crippen molar-refractivity contribution in [3.63, 3.8) is 0 Å². The maximum atomic E-state index is 12.2. The molecule has 6 nitrogen and oxygen atoms in total. The summed E-state index contributed by atoms with van der Waals surface area (Å²) in [6, 6.07) is 0. The van der Waals surface area contributed by atoms with Crippen LogP contribution in [0.4, 0.5) is 0 Å². The lowest BCUT2D eigenvalue weighted by molar-refractivity contribution is -0.446. The molecule has 0 spiro atoms. The molecule has 2 bridgehead atoms. The van der Waals surface area contributed by atoms with Crippen LogP contribution in [0.3, 0.4) is 0 Å². The molecule has 6 heteroatoms. The highest BCUT2D eigenvalue weighted by atomic mass is 17.2. The van der Waals surface area contributed by atoms with Crippen LogP contribution >= 0.6 is 0 Å². The fourth-order valence-electron chi connectivity index (χ4n) is 4.72. The number of nitrogens with zero attached hydrogens (tertiary/aromatic N) is 1. The second-order valence-electron chi connectivity index (χ2n) is 8.47. The number of rotatable bonds is 6. The topological polar surface area (TPSA) is 65.1 Å². The van der Waals surface area contributed by atoms with E-state index in [1.54, 1.807) is 13.8 Å². The van der Waals surface area contributed by atoms with Crippen LogP contribution in [0.5, 0.6) is 0 Å². The Morgan fingerprint density at radius 2 is 1.76 bits per heavy atom. The third kappa shape index (κ3) is 2.84. The van der Waals surface area contributed by atoms with E-state index in [1.807, 2.05) is 0 Å². The first-order chi connectivity index (χ1) is 11.6. The number of fused-ring (bicyclic) bond motifs is 2. The molecular weight excluding hydrogens is 322 g/mol. The van der Waals surface area contributed by atoms with Crippen LogP contribution in [-0.2, 0) is 24.1 Å². The van der Waals surface area contributed by atoms with Crippen molar-refractivity contribution in [2.45, 2.75) is 65.8 Å². The highest BCUT2D eigenvalue weighted by Gasteiger charge is 2.60. The highest BCUT2D eigenvalue weighted by molar-refractivity contribution is 6.18. The van der Waals surface area contributed by atoms with Gasteiger partial charge in [-0.3, -0.25) is 14.5 Å². The molecule has 4 unspecified atom stereocenters. The molecular formula is C19H29NO5. The van der Waals surface area contributed by atoms with Gasteiger partial charge >= 0.3 is 0 Å². The molecule has 25 heavy (non-hydrogen) atoms. The van der Waals surface area contributed by atoms with Crippen molar-refractivity contribution >= 4 is 11.8 Å². The number of methoxy groups -OCH3 is 1. The zero-order valence-corrected chi connectivity index (χ0v) is 16.0. The minimum absolute atomic E-state index is 0.0234. The van der Waals surface area contributed by atoms with Crippen molar-refractivity contribution in [1.29, 1.82) is 0 Å². The van der Waals surface area contributed by atoms with Gasteiger partial charge in [-0.1, -0.05) is 13.8 Å². The normalized spacial score (nSPS) is 35.2. The molecule has 0 saturated heterocycles. The number of hydrogen-bond donors (Lipinski definition) is 0. The van der Waals surface area contributed by atoms with Gasteiger partial charge in [-0.25, -0.2) is 9.78 Å². The minimum Gasteiger partial charge on any atom is -0.352 e. The predicted octanol–water partition coefficient (Wildman–Crippen LogP) is 2.83. The Morgan fingerprint density at radius 1 is 1.16 bits per heavy atom. The first kappa shape index (κ1) is 18.5. The maximum Gasteiger partial charge on any atom is 0.257 e. The van der Waals surface area contributed by atoms with Crippen LogP contribution in [0.25, 0.3) is 0 Å². The monoisotopic (exact) mass is 351 g/mol. The summed E-state index contributed by atoms with van der Waals surface area (Å²) in [5.74, 6) is 0.627. The van der Waals surface area contributed by atoms with Crippen molar-refractivity contribution < 1.29 is 24.1 Å². The fourth-order valence-corrected chi connectivity index (χ4v) is 4.72. The molecule has 4 aliphatic rings. The van der Waals surface area contributed by atoms with Gasteiger partial charge in [0.25, 0.3) is 11.8 Å². The van der Waals surface area contributed by atoms with Crippen molar-refractivity contribution in [1.82, 2.24) is 4.90 Å². The number of carbonyl (C=O) groups excluding carboxylic acids is 2. The van der Waals surface area contributed by atoms with Crippen molar-refractivity contribution in [3.05, 3.63) is 11.1 Å². The quantitative estimate of drug-likeness (QED) is 0.319. The molecule has 3 aliphatic carbocycles. The van der Waals surface area contributed by atoms with Gasteiger partial charge in [-0.05, 0) is 57.3 Å². The summed E-state index contributed by atoms with van der Waals surface area (Å²) in [6.45, 7) is 10.0. The fraction of sp³-hybridized carbons (Fsp3) is 0.789. The van der Waals surface area contributed by atoms with Crippen LogP contribution < -0.4 is 0 Å². The van der Waals surface area contributed by atoms with Crippen molar-refractivity contribution in [2.75, 3.05) is 13.7 Å². The molecule has 0 radical (unpaired) electrons. The molecule has 2 amide bonds. The van der Waals surface area contributed by atoms with E-state index >= 15 is 0 Å². The van der Waals surface area contributed by atoms with Crippen LogP contribution in [-0.4, -0.2) is 42.3 Å². The average Bonchev–Trinajstić information content (AvgIpc) is 2.75. The Labute approximate surface area is 149 Å². The van der Waals surface area contributed by atoms with E-state index in [-0.39, 0.29) is 29.4 Å². The van der Waals surface area contributed by atoms with Crippen LogP contribution in [0.1, 0.15) is 53.9 Å². The number of carbonyl (C=O) groups is 2. The van der Waals surface area contributed by atoms with Gasteiger partial charge in [-0.15, -0.1) is 0 Å². The van der Waals surface area contributed by atoms with Gasteiger partial charge in [0.2, 0.25) is 6.29 Å². The Hall–Kier alpha value is -1.24. The molecule has 1 aliphatic heterocycles. The highest BCUT2D eigenvalue weighted by Crippen LogP contribution is 2.63. The summed E-state index contributed by atoms with van der Waals surface area (Å²) in [5.41, 5.74) is 0.848. The first-order valence-electron chi connectivity index (χ1n) is 9.02. The van der Waals surface area contributed by atoms with Gasteiger partial charge in [0.1, 0.15) is 5.60 Å². The molecule has 140 valence electrons. The van der Waals surface area contributed by atoms with Gasteiger partial charge < -0.3 is 4.74 Å². The molecule has 0 aromatic rings. The number of hydrogen-bond acceptors (Lipinski definition) is 5. The van der Waals surface area contributed by atoms with E-state index in [0.29, 0.717) is 17.1 Å². The van der Waals surface area contributed by atoms with Crippen molar-refractivity contribution in [2.24, 2.45) is 17.3 Å². The molecule has 4 atom stereocenters. The lowest BCUT2D eigenvalue weighted by Gasteiger charge is -2.63. The zero-order chi connectivity index (χ0) is 18.6. The van der Waals surface area contributed by atoms with E-state index in [4.69, 9.17) is 14.5 Å². The van der Waals surface area contributed by atoms with E-state index in [9.17, 15) is 9.59 Å². The standard InChI is InChI=1S/C19H29NO5/c1-11-12(2)17(22)20(16(11)21)10-15(23-6)24-25-19(5)8-7-13-9-14(19)18(13,3)4/h13-15H,7-10H2,1-6H3. The summed E-state index contributed by atoms with van der Waals surface area (Å²) < 4.78 is 5.30. The van der Waals surface area contributed by atoms with E-state index in [2.05, 4.69) is 20.8 Å². The van der Waals surface area contributed by atoms with Crippen molar-refractivity contribution in [3.8, 4) is 0 Å². The summed E-state index contributed by atoms with van der Waals surface area (Å²) in [4.78, 5) is 37.0. The van der Waals surface area contributed by atoms with E-state index in [0.717, 1.165) is 30.1 Å². The number of amides is 2. The largest absolute Gasteiger partial charge is 0.352 e. The Balaban J connectivity index is 1.60. The molecule has 3 saturated carbocycles. The maximum absolute atomic E-state index is 12.2. The van der Waals surface area contributed by atoms with Crippen LogP contribution in [0.15, 0.2) is 11.1 Å². The summed E-state index contributed by atoms with van der Waals surface area (Å²) in [7, 11) is 1.48. The van der Waals surface area contributed by atoms with Gasteiger partial charge in [0.05, 0.1) is 6.54 Å². The Morgan fingerprint density at radius 3 is 2.24 bits per heavy atom. The molecule has 0 N–H and O–H groups in total. The van der Waals surface area contributed by atoms with Gasteiger partial charge in [0, 0.05) is 18.3 Å². The summed E-state index contributed by atoms with van der Waals surface area (Å²) in [6.07, 6.45) is 2.44. The lowest BCUT2D eigenvalue weighted by Crippen LogP contribution is -2.61. The molecule has 3 fully saturated rings. The predicted molar refractivity (Wildman–Crippen MR) is 91.1 cm³/mol. The van der Waals surface area contributed by atoms with Gasteiger partial charge in [0.15, 0.2) is 0 Å². The third-order valence-electron chi connectivity index (χ3n) is 6.83. The summed E-state index contributed by atoms with van der Waals surface area (Å²) >= 11 is 0. The second-order valence-corrected chi connectivity index (χ2v) is 8.47. The number of imide groups is 1. The van der Waals surface area contributed by atoms with Crippen LogP contribution in [0.2, 0.25) is 0 Å². The minimum atomic E-state index is -0.802. The Bertz CT molecular complexity index is 599. The summed E-state index contributed by atoms with van der Waals surface area (Å²) in [5, 5.41) is 0. The van der Waals surface area contributed by atoms with E-state index < -0.39 is 6.29 Å². The zero-order valence-electron chi connectivity index (χ0n) is 16.0. The van der Waals surface area contributed by atoms with Crippen LogP contribution in [0, 0.1) is 17.3 Å². The molecule has 0 aromatic heterocycles. The average molecular weight is 351 g/mol. The molecule has 1 heterocycles. The molecule has 4 rings (SSSR count). The lowest BCUT2D eigenvalue weighted by atomic mass is 9.44. The van der Waals surface area contributed by atoms with Gasteiger partial charge in [-0.2, -0.15) is 0 Å². The second kappa shape index (κ2) is 6.18. The number of ether oxygens (including phenoxy) is 1. The first-order valence-corrected chi connectivity index (χ1v) is 9.02. The van der Waals surface area contributed by atoms with E-state index in [1.165, 1.54) is 7.11 Å². The molecule has 0 aromatic carbocycles. The SMILES string of the molecule is COC(CN1C(=O)C(C)=C(C)C1=O)OOC1(C)CCC2CC1C2(C)C.